The third kappa shape index (κ3) is 2.20. The van der Waals surface area contributed by atoms with Gasteiger partial charge in [0, 0.05) is 17.1 Å². The van der Waals surface area contributed by atoms with E-state index in [-0.39, 0.29) is 11.5 Å². The number of nitro groups is 1. The van der Waals surface area contributed by atoms with Crippen LogP contribution in [0, 0.1) is 15.9 Å². The molecule has 0 bridgehead atoms. The summed E-state index contributed by atoms with van der Waals surface area (Å²) in [5.41, 5.74) is -1.83. The average Bonchev–Trinajstić information content (AvgIpc) is 2.78. The molecule has 0 radical (unpaired) electrons. The van der Waals surface area contributed by atoms with E-state index in [1.165, 1.54) is 12.1 Å². The number of hydrogen-bond donors (Lipinski definition) is 1. The number of thiophene rings is 1. The summed E-state index contributed by atoms with van der Waals surface area (Å²) in [6.45, 7) is -0.204. The van der Waals surface area contributed by atoms with Crippen LogP contribution < -0.4 is 11.2 Å². The molecular weight excluding hydrogens is 265 g/mol. The molecule has 0 unspecified atom stereocenters. The van der Waals surface area contributed by atoms with Gasteiger partial charge in [-0.3, -0.25) is 19.5 Å². The van der Waals surface area contributed by atoms with Gasteiger partial charge in [-0.05, 0) is 6.07 Å². The first kappa shape index (κ1) is 12.2. The second-order valence-electron chi connectivity index (χ2n) is 3.33. The SMILES string of the molecule is O=c1[nH]cc(F)c(=O)n1Cc1ccc([N+](=O)[O-])s1. The van der Waals surface area contributed by atoms with Crippen molar-refractivity contribution in [1.29, 1.82) is 0 Å². The summed E-state index contributed by atoms with van der Waals surface area (Å²) in [5.74, 6) is -1.08. The highest BCUT2D eigenvalue weighted by Crippen LogP contribution is 2.23. The zero-order valence-electron chi connectivity index (χ0n) is 8.75. The van der Waals surface area contributed by atoms with Crippen LogP contribution in [-0.2, 0) is 6.54 Å². The lowest BCUT2D eigenvalue weighted by Crippen LogP contribution is -2.36. The van der Waals surface area contributed by atoms with Gasteiger partial charge in [0.15, 0.2) is 0 Å². The Kier molecular flexibility index (Phi) is 3.06. The topological polar surface area (TPSA) is 98.0 Å². The third-order valence-corrected chi connectivity index (χ3v) is 3.18. The highest BCUT2D eigenvalue weighted by atomic mass is 32.1. The monoisotopic (exact) mass is 271 g/mol. The summed E-state index contributed by atoms with van der Waals surface area (Å²) >= 11 is 0.825. The molecule has 2 aromatic rings. The van der Waals surface area contributed by atoms with E-state index in [1.54, 1.807) is 0 Å². The van der Waals surface area contributed by atoms with Crippen LogP contribution in [-0.4, -0.2) is 14.5 Å². The number of halogens is 1. The van der Waals surface area contributed by atoms with Gasteiger partial charge in [-0.2, -0.15) is 4.39 Å². The highest BCUT2D eigenvalue weighted by molar-refractivity contribution is 7.15. The third-order valence-electron chi connectivity index (χ3n) is 2.16. The maximum atomic E-state index is 13.0. The van der Waals surface area contributed by atoms with Gasteiger partial charge < -0.3 is 4.98 Å². The van der Waals surface area contributed by atoms with Crippen molar-refractivity contribution < 1.29 is 9.31 Å². The number of hydrogen-bond acceptors (Lipinski definition) is 5. The number of aromatic amines is 1. The molecule has 18 heavy (non-hydrogen) atoms. The van der Waals surface area contributed by atoms with Gasteiger partial charge in [-0.25, -0.2) is 4.79 Å². The molecule has 2 aromatic heterocycles. The molecule has 0 aromatic carbocycles. The summed E-state index contributed by atoms with van der Waals surface area (Å²) in [6.07, 6.45) is 0.679. The summed E-state index contributed by atoms with van der Waals surface area (Å²) in [6, 6.07) is 2.68. The van der Waals surface area contributed by atoms with Crippen LogP contribution in [0.3, 0.4) is 0 Å². The molecule has 1 N–H and O–H groups in total. The lowest BCUT2D eigenvalue weighted by atomic mass is 10.4. The van der Waals surface area contributed by atoms with Gasteiger partial charge >= 0.3 is 10.7 Å². The molecule has 0 saturated heterocycles. The van der Waals surface area contributed by atoms with Gasteiger partial charge in [-0.15, -0.1) is 0 Å². The maximum absolute atomic E-state index is 13.0. The Hall–Kier alpha value is -2.29. The molecule has 0 amide bonds. The van der Waals surface area contributed by atoms with Crippen molar-refractivity contribution in [1.82, 2.24) is 9.55 Å². The minimum atomic E-state index is -1.08. The van der Waals surface area contributed by atoms with Crippen LogP contribution in [0.25, 0.3) is 0 Å². The quantitative estimate of drug-likeness (QED) is 0.656. The molecule has 0 saturated carbocycles. The Morgan fingerprint density at radius 2 is 2.17 bits per heavy atom. The lowest BCUT2D eigenvalue weighted by Gasteiger charge is -2.01. The van der Waals surface area contributed by atoms with Crippen molar-refractivity contribution in [3.05, 3.63) is 60.0 Å². The molecule has 2 rings (SSSR count). The number of nitrogens with zero attached hydrogens (tertiary/aromatic N) is 2. The Balaban J connectivity index is 2.40. The standard InChI is InChI=1S/C9H6FN3O4S/c10-6-3-11-9(15)12(8(6)14)4-5-1-2-7(18-5)13(16)17/h1-3H,4H2,(H,11,15). The Labute approximate surface area is 102 Å². The van der Waals surface area contributed by atoms with E-state index < -0.39 is 22.0 Å². The largest absolute Gasteiger partial charge is 0.328 e. The number of aromatic nitrogens is 2. The molecule has 7 nitrogen and oxygen atoms in total. The second kappa shape index (κ2) is 4.53. The predicted octanol–water partition coefficient (Wildman–Crippen LogP) is 0.694. The summed E-state index contributed by atoms with van der Waals surface area (Å²) in [7, 11) is 0. The minimum Gasteiger partial charge on any atom is -0.311 e. The fourth-order valence-corrected chi connectivity index (χ4v) is 2.14. The molecule has 0 aliphatic heterocycles. The molecule has 2 heterocycles. The second-order valence-corrected chi connectivity index (χ2v) is 4.48. The molecule has 0 aliphatic carbocycles. The first-order valence-electron chi connectivity index (χ1n) is 4.70. The van der Waals surface area contributed by atoms with Gasteiger partial charge in [0.25, 0.3) is 5.56 Å². The van der Waals surface area contributed by atoms with Crippen molar-refractivity contribution in [3.63, 3.8) is 0 Å². The van der Waals surface area contributed by atoms with Crippen LogP contribution in [0.2, 0.25) is 0 Å². The fraction of sp³-hybridized carbons (Fsp3) is 0.111. The molecule has 0 fully saturated rings. The average molecular weight is 271 g/mol. The Morgan fingerprint density at radius 1 is 1.44 bits per heavy atom. The maximum Gasteiger partial charge on any atom is 0.328 e. The van der Waals surface area contributed by atoms with E-state index in [4.69, 9.17) is 0 Å². The summed E-state index contributed by atoms with van der Waals surface area (Å²) < 4.78 is 13.6. The highest BCUT2D eigenvalue weighted by Gasteiger charge is 2.12. The van der Waals surface area contributed by atoms with E-state index >= 15 is 0 Å². The molecule has 0 spiro atoms. The minimum absolute atomic E-state index is 0.106. The summed E-state index contributed by atoms with van der Waals surface area (Å²) in [5, 5.41) is 10.4. The molecule has 0 atom stereocenters. The Morgan fingerprint density at radius 3 is 2.78 bits per heavy atom. The summed E-state index contributed by atoms with van der Waals surface area (Å²) in [4.78, 5) is 35.1. The van der Waals surface area contributed by atoms with Gasteiger partial charge in [-0.1, -0.05) is 11.3 Å². The van der Waals surface area contributed by atoms with E-state index in [2.05, 4.69) is 4.98 Å². The Bertz CT molecular complexity index is 717. The fourth-order valence-electron chi connectivity index (χ4n) is 1.34. The van der Waals surface area contributed by atoms with Crippen LogP contribution in [0.1, 0.15) is 4.88 Å². The molecular formula is C9H6FN3O4S. The van der Waals surface area contributed by atoms with Crippen molar-refractivity contribution in [2.45, 2.75) is 6.54 Å². The van der Waals surface area contributed by atoms with E-state index in [1.807, 2.05) is 0 Å². The van der Waals surface area contributed by atoms with E-state index in [9.17, 15) is 24.1 Å². The van der Waals surface area contributed by atoms with Crippen LogP contribution in [0.15, 0.2) is 27.9 Å². The van der Waals surface area contributed by atoms with Gasteiger partial charge in [0.1, 0.15) is 0 Å². The van der Waals surface area contributed by atoms with Crippen LogP contribution >= 0.6 is 11.3 Å². The van der Waals surface area contributed by atoms with Crippen molar-refractivity contribution in [2.75, 3.05) is 0 Å². The zero-order valence-corrected chi connectivity index (χ0v) is 9.57. The van der Waals surface area contributed by atoms with Gasteiger partial charge in [0.2, 0.25) is 5.82 Å². The van der Waals surface area contributed by atoms with Crippen molar-refractivity contribution in [3.8, 4) is 0 Å². The van der Waals surface area contributed by atoms with E-state index in [0.29, 0.717) is 15.6 Å². The number of rotatable bonds is 3. The number of nitrogens with one attached hydrogen (secondary N) is 1. The molecule has 94 valence electrons. The van der Waals surface area contributed by atoms with Crippen molar-refractivity contribution >= 4 is 16.3 Å². The lowest BCUT2D eigenvalue weighted by molar-refractivity contribution is -0.380. The predicted molar refractivity (Wildman–Crippen MR) is 61.4 cm³/mol. The van der Waals surface area contributed by atoms with E-state index in [0.717, 1.165) is 11.3 Å². The van der Waals surface area contributed by atoms with Crippen LogP contribution in [0.4, 0.5) is 9.39 Å². The molecule has 9 heteroatoms. The van der Waals surface area contributed by atoms with Crippen molar-refractivity contribution in [2.24, 2.45) is 0 Å². The smallest absolute Gasteiger partial charge is 0.311 e. The molecule has 0 aliphatic rings. The first-order valence-corrected chi connectivity index (χ1v) is 5.52. The number of H-pyrrole nitrogens is 1. The first-order chi connectivity index (χ1) is 8.49. The zero-order chi connectivity index (χ0) is 13.3. The van der Waals surface area contributed by atoms with Gasteiger partial charge in [0.05, 0.1) is 11.5 Å². The normalized spacial score (nSPS) is 10.5. The van der Waals surface area contributed by atoms with Crippen LogP contribution in [0.5, 0.6) is 0 Å².